The lowest BCUT2D eigenvalue weighted by molar-refractivity contribution is -0.00877. The third kappa shape index (κ3) is 2.14. The summed E-state index contributed by atoms with van der Waals surface area (Å²) >= 11 is 12.7. The van der Waals surface area contributed by atoms with Crippen molar-refractivity contribution in [2.75, 3.05) is 0 Å². The lowest BCUT2D eigenvalue weighted by Crippen LogP contribution is -2.32. The van der Waals surface area contributed by atoms with Crippen molar-refractivity contribution in [3.05, 3.63) is 23.5 Å². The van der Waals surface area contributed by atoms with E-state index in [0.717, 1.165) is 6.42 Å². The van der Waals surface area contributed by atoms with Gasteiger partial charge in [-0.2, -0.15) is 0 Å². The molecule has 0 bridgehead atoms. The van der Waals surface area contributed by atoms with Gasteiger partial charge >= 0.3 is 0 Å². The smallest absolute Gasteiger partial charge is 0.155 e. The minimum atomic E-state index is -0.656. The molecule has 3 heterocycles. The fourth-order valence-electron chi connectivity index (χ4n) is 2.98. The van der Waals surface area contributed by atoms with Gasteiger partial charge in [0.05, 0.1) is 16.4 Å². The minimum Gasteiger partial charge on any atom is -0.353 e. The maximum atomic E-state index is 14.2. The number of fused-ring (bicyclic) bond motifs is 1. The molecule has 114 valence electrons. The zero-order valence-corrected chi connectivity index (χ0v) is 13.5. The van der Waals surface area contributed by atoms with Crippen LogP contribution in [0.15, 0.2) is 12.5 Å². The summed E-state index contributed by atoms with van der Waals surface area (Å²) in [4.78, 5) is 7.30. The van der Waals surface area contributed by atoms with Crippen LogP contribution < -0.4 is 0 Å². The Bertz CT molecular complexity index is 688. The van der Waals surface area contributed by atoms with Gasteiger partial charge in [0.2, 0.25) is 0 Å². The van der Waals surface area contributed by atoms with Crippen LogP contribution in [0.4, 0.5) is 4.39 Å². The monoisotopic (exact) mass is 331 g/mol. The van der Waals surface area contributed by atoms with Crippen LogP contribution in [0.2, 0.25) is 5.15 Å². The zero-order valence-electron chi connectivity index (χ0n) is 12.0. The lowest BCUT2D eigenvalue weighted by atomic mass is 9.90. The van der Waals surface area contributed by atoms with E-state index in [0.29, 0.717) is 5.65 Å². The number of rotatable bonds is 2. The summed E-state index contributed by atoms with van der Waals surface area (Å²) in [5.74, 6) is -0.341. The molecule has 4 nitrogen and oxygen atoms in total. The van der Waals surface area contributed by atoms with E-state index in [1.54, 1.807) is 4.57 Å². The third-order valence-electron chi connectivity index (χ3n) is 4.41. The quantitative estimate of drug-likeness (QED) is 0.612. The fourth-order valence-corrected chi connectivity index (χ4v) is 3.49. The van der Waals surface area contributed by atoms with Crippen LogP contribution in [0.25, 0.3) is 11.0 Å². The zero-order chi connectivity index (χ0) is 15.4. The molecule has 0 radical (unpaired) electrons. The van der Waals surface area contributed by atoms with Gasteiger partial charge in [0, 0.05) is 12.1 Å². The molecule has 0 N–H and O–H groups in total. The normalized spacial score (nSPS) is 33.0. The van der Waals surface area contributed by atoms with Crippen LogP contribution in [0.5, 0.6) is 0 Å². The molecule has 0 aromatic carbocycles. The highest BCUT2D eigenvalue weighted by Gasteiger charge is 2.51. The molecule has 7 heteroatoms. The van der Waals surface area contributed by atoms with Gasteiger partial charge in [-0.3, -0.25) is 0 Å². The Labute approximate surface area is 132 Å². The molecule has 0 amide bonds. The molecule has 1 fully saturated rings. The summed E-state index contributed by atoms with van der Waals surface area (Å²) in [5.41, 5.74) is 0.397. The van der Waals surface area contributed by atoms with Crippen LogP contribution in [-0.2, 0) is 4.74 Å². The van der Waals surface area contributed by atoms with Gasteiger partial charge in [-0.05, 0) is 13.3 Å². The van der Waals surface area contributed by atoms with Crippen LogP contribution in [0.1, 0.15) is 33.4 Å². The van der Waals surface area contributed by atoms with Crippen LogP contribution in [-0.4, -0.2) is 25.5 Å². The van der Waals surface area contributed by atoms with Gasteiger partial charge in [0.15, 0.2) is 12.0 Å². The highest BCUT2D eigenvalue weighted by Crippen LogP contribution is 2.49. The van der Waals surface area contributed by atoms with Crippen molar-refractivity contribution in [2.24, 2.45) is 5.92 Å². The number of aromatic nitrogens is 3. The number of hydrogen-bond donors (Lipinski definition) is 0. The fraction of sp³-hybridized carbons (Fsp3) is 0.571. The molecule has 4 atom stereocenters. The largest absolute Gasteiger partial charge is 0.353 e. The second-order valence-electron chi connectivity index (χ2n) is 5.62. The van der Waals surface area contributed by atoms with Crippen molar-refractivity contribution in [3.8, 4) is 0 Å². The maximum Gasteiger partial charge on any atom is 0.155 e. The molecule has 3 rings (SSSR count). The third-order valence-corrected chi connectivity index (χ3v) is 5.22. The summed E-state index contributed by atoms with van der Waals surface area (Å²) in [6, 6.07) is 0. The van der Waals surface area contributed by atoms with Crippen molar-refractivity contribution >= 4 is 34.2 Å². The topological polar surface area (TPSA) is 39.9 Å². The van der Waals surface area contributed by atoms with Gasteiger partial charge in [0.1, 0.15) is 17.1 Å². The minimum absolute atomic E-state index is 0.0234. The number of nitrogens with zero attached hydrogens (tertiary/aromatic N) is 3. The first kappa shape index (κ1) is 15.0. The van der Waals surface area contributed by atoms with E-state index in [1.807, 2.05) is 20.8 Å². The number of alkyl halides is 1. The van der Waals surface area contributed by atoms with Gasteiger partial charge in [-0.15, -0.1) is 11.6 Å². The maximum absolute atomic E-state index is 14.2. The second kappa shape index (κ2) is 5.07. The summed E-state index contributed by atoms with van der Waals surface area (Å²) in [7, 11) is 0. The molecule has 0 spiro atoms. The molecule has 0 saturated carbocycles. The molecule has 2 aromatic heterocycles. The Morgan fingerprint density at radius 2 is 2.19 bits per heavy atom. The average molecular weight is 332 g/mol. The van der Waals surface area contributed by atoms with E-state index >= 15 is 0 Å². The molecular formula is C14H16Cl2FN3O. The first-order valence-corrected chi connectivity index (χ1v) is 7.64. The predicted molar refractivity (Wildman–Crippen MR) is 80.1 cm³/mol. The van der Waals surface area contributed by atoms with Gasteiger partial charge in [-0.25, -0.2) is 14.4 Å². The summed E-state index contributed by atoms with van der Waals surface area (Å²) in [5, 5.41) is 0.286. The molecule has 1 aliphatic heterocycles. The lowest BCUT2D eigenvalue weighted by Gasteiger charge is -2.27. The predicted octanol–water partition coefficient (Wildman–Crippen LogP) is 4.16. The van der Waals surface area contributed by atoms with Crippen LogP contribution in [0, 0.1) is 11.7 Å². The number of ether oxygens (including phenoxy) is 1. The standard InChI is InChI=1S/C14H16Cl2FN3O/c1-4-9-7(2)14(3,16)13(21-9)20-5-8(17)10-11(15)18-6-19-12(10)20/h5-7,9,13H,4H2,1-3H3/t7-,9-,13?,14-/m1/s1. The Morgan fingerprint density at radius 3 is 2.81 bits per heavy atom. The number of hydrogen-bond acceptors (Lipinski definition) is 3. The van der Waals surface area contributed by atoms with Gasteiger partial charge < -0.3 is 9.30 Å². The molecule has 2 aromatic rings. The summed E-state index contributed by atoms with van der Waals surface area (Å²) < 4.78 is 21.8. The highest BCUT2D eigenvalue weighted by atomic mass is 35.5. The highest BCUT2D eigenvalue weighted by molar-refractivity contribution is 6.34. The van der Waals surface area contributed by atoms with Crippen molar-refractivity contribution in [2.45, 2.75) is 44.4 Å². The van der Waals surface area contributed by atoms with Gasteiger partial charge in [-0.1, -0.05) is 25.4 Å². The van der Waals surface area contributed by atoms with Crippen molar-refractivity contribution in [1.29, 1.82) is 0 Å². The van der Waals surface area contributed by atoms with E-state index in [9.17, 15) is 4.39 Å². The van der Waals surface area contributed by atoms with E-state index in [-0.39, 0.29) is 22.6 Å². The Hall–Kier alpha value is -0.910. The van der Waals surface area contributed by atoms with Crippen molar-refractivity contribution in [1.82, 2.24) is 14.5 Å². The first-order valence-electron chi connectivity index (χ1n) is 6.88. The first-order chi connectivity index (χ1) is 9.87. The van der Waals surface area contributed by atoms with E-state index in [4.69, 9.17) is 27.9 Å². The van der Waals surface area contributed by atoms with Gasteiger partial charge in [0.25, 0.3) is 0 Å². The Kier molecular flexibility index (Phi) is 3.62. The molecule has 21 heavy (non-hydrogen) atoms. The summed E-state index contributed by atoms with van der Waals surface area (Å²) in [6.07, 6.45) is 3.01. The summed E-state index contributed by atoms with van der Waals surface area (Å²) in [6.45, 7) is 6.00. The van der Waals surface area contributed by atoms with E-state index < -0.39 is 16.9 Å². The molecule has 0 aliphatic carbocycles. The van der Waals surface area contributed by atoms with Crippen molar-refractivity contribution < 1.29 is 9.13 Å². The number of halogens is 3. The van der Waals surface area contributed by atoms with E-state index in [1.165, 1.54) is 12.5 Å². The van der Waals surface area contributed by atoms with Crippen LogP contribution >= 0.6 is 23.2 Å². The SMILES string of the molecule is CC[C@H]1OC(n2cc(F)c3c(Cl)ncnc32)[C@](C)(Cl)[C@@H]1C. The molecule has 1 aliphatic rings. The molecule has 1 saturated heterocycles. The van der Waals surface area contributed by atoms with Crippen LogP contribution in [0.3, 0.4) is 0 Å². The van der Waals surface area contributed by atoms with E-state index in [2.05, 4.69) is 9.97 Å². The van der Waals surface area contributed by atoms with Crippen molar-refractivity contribution in [3.63, 3.8) is 0 Å². The Balaban J connectivity index is 2.15. The molecule has 1 unspecified atom stereocenters. The second-order valence-corrected chi connectivity index (χ2v) is 6.79. The molecular weight excluding hydrogens is 316 g/mol. The average Bonchev–Trinajstić information content (AvgIpc) is 2.87. The Morgan fingerprint density at radius 1 is 1.48 bits per heavy atom.